The minimum atomic E-state index is -0.266. The van der Waals surface area contributed by atoms with Gasteiger partial charge in [-0.2, -0.15) is 0 Å². The Morgan fingerprint density at radius 1 is 1.83 bits per heavy atom. The van der Waals surface area contributed by atoms with Crippen LogP contribution in [0.15, 0.2) is 0 Å². The molecule has 0 saturated carbocycles. The van der Waals surface area contributed by atoms with E-state index in [0.29, 0.717) is 6.29 Å². The number of carbonyl (C=O) groups is 2. The molecule has 0 aliphatic carbocycles. The standard InChI is InChI=1S/C3H3BrO2/c4-3(6)1-2-5/h2H,1H2. The average Bonchev–Trinajstić information content (AvgIpc) is 1.35. The summed E-state index contributed by atoms with van der Waals surface area (Å²) in [5.74, 6) is 0. The fourth-order valence-electron chi connectivity index (χ4n) is 0.0655. The lowest BCUT2D eigenvalue weighted by Crippen LogP contribution is -1.82. The number of hydrogen-bond donors (Lipinski definition) is 0. The smallest absolute Gasteiger partial charge is 0.204 e. The Morgan fingerprint density at radius 2 is 2.33 bits per heavy atom. The van der Waals surface area contributed by atoms with Crippen molar-refractivity contribution in [3.63, 3.8) is 0 Å². The highest BCUT2D eigenvalue weighted by Gasteiger charge is 1.86. The molecule has 0 saturated heterocycles. The van der Waals surface area contributed by atoms with Gasteiger partial charge in [-0.15, -0.1) is 0 Å². The van der Waals surface area contributed by atoms with E-state index in [4.69, 9.17) is 0 Å². The van der Waals surface area contributed by atoms with Crippen molar-refractivity contribution < 1.29 is 9.59 Å². The van der Waals surface area contributed by atoms with Gasteiger partial charge in [0, 0.05) is 0 Å². The van der Waals surface area contributed by atoms with E-state index in [1.165, 1.54) is 0 Å². The third kappa shape index (κ3) is 3.82. The average molecular weight is 151 g/mol. The fraction of sp³-hybridized carbons (Fsp3) is 0.333. The second kappa shape index (κ2) is 3.03. The Bertz CT molecular complexity index is 69.2. The van der Waals surface area contributed by atoms with Gasteiger partial charge in [-0.1, -0.05) is 0 Å². The number of aldehydes is 1. The molecule has 0 bridgehead atoms. The van der Waals surface area contributed by atoms with Gasteiger partial charge in [-0.05, 0) is 15.9 Å². The summed E-state index contributed by atoms with van der Waals surface area (Å²) in [6.45, 7) is 0. The van der Waals surface area contributed by atoms with Crippen LogP contribution < -0.4 is 0 Å². The van der Waals surface area contributed by atoms with Crippen molar-refractivity contribution in [3.05, 3.63) is 0 Å². The van der Waals surface area contributed by atoms with Crippen molar-refractivity contribution in [1.82, 2.24) is 0 Å². The lowest BCUT2D eigenvalue weighted by molar-refractivity contribution is -0.115. The summed E-state index contributed by atoms with van der Waals surface area (Å²) in [5.41, 5.74) is 0. The molecule has 2 nitrogen and oxygen atoms in total. The van der Waals surface area contributed by atoms with Crippen LogP contribution in [0.4, 0.5) is 0 Å². The maximum atomic E-state index is 9.73. The van der Waals surface area contributed by atoms with Gasteiger partial charge in [-0.25, -0.2) is 0 Å². The first kappa shape index (κ1) is 5.82. The van der Waals surface area contributed by atoms with Gasteiger partial charge in [0.15, 0.2) is 0 Å². The second-order valence-electron chi connectivity index (χ2n) is 0.726. The van der Waals surface area contributed by atoms with Crippen LogP contribution in [0.3, 0.4) is 0 Å². The molecule has 0 aliphatic heterocycles. The van der Waals surface area contributed by atoms with E-state index in [0.717, 1.165) is 0 Å². The summed E-state index contributed by atoms with van der Waals surface area (Å²) in [7, 11) is 0. The molecular weight excluding hydrogens is 148 g/mol. The highest BCUT2D eigenvalue weighted by Crippen LogP contribution is 1.84. The molecule has 6 heavy (non-hydrogen) atoms. The summed E-state index contributed by atoms with van der Waals surface area (Å²) < 4.78 is -0.266. The molecule has 0 heterocycles. The van der Waals surface area contributed by atoms with E-state index in [1.54, 1.807) is 0 Å². The van der Waals surface area contributed by atoms with Crippen molar-refractivity contribution in [1.29, 1.82) is 0 Å². The molecule has 0 amide bonds. The fourth-order valence-corrected chi connectivity index (χ4v) is 0.198. The lowest BCUT2D eigenvalue weighted by atomic mass is 10.5. The van der Waals surface area contributed by atoms with Gasteiger partial charge in [0.05, 0.1) is 6.42 Å². The molecular formula is C3H3BrO2. The van der Waals surface area contributed by atoms with Crippen molar-refractivity contribution in [2.24, 2.45) is 0 Å². The molecule has 0 radical (unpaired) electrons. The summed E-state index contributed by atoms with van der Waals surface area (Å²) in [5, 5.41) is 0. The van der Waals surface area contributed by atoms with Crippen LogP contribution in [0.5, 0.6) is 0 Å². The number of carbonyl (C=O) groups excluding carboxylic acids is 2. The van der Waals surface area contributed by atoms with Crippen LogP contribution in [0, 0.1) is 0 Å². The Labute approximate surface area is 43.7 Å². The maximum absolute atomic E-state index is 9.73. The third-order valence-corrected chi connectivity index (χ3v) is 0.568. The SMILES string of the molecule is O=CCC(=O)Br. The Balaban J connectivity index is 3.05. The van der Waals surface area contributed by atoms with Crippen molar-refractivity contribution in [2.45, 2.75) is 6.42 Å². The third-order valence-electron chi connectivity index (χ3n) is 0.244. The first-order valence-electron chi connectivity index (χ1n) is 1.39. The second-order valence-corrected chi connectivity index (χ2v) is 1.61. The number of halogens is 1. The molecule has 3 heteroatoms. The summed E-state index contributed by atoms with van der Waals surface area (Å²) in [6, 6.07) is 0. The normalized spacial score (nSPS) is 7.50. The Hall–Kier alpha value is -0.180. The van der Waals surface area contributed by atoms with E-state index >= 15 is 0 Å². The molecule has 0 rings (SSSR count). The van der Waals surface area contributed by atoms with Crippen LogP contribution in [0.2, 0.25) is 0 Å². The van der Waals surface area contributed by atoms with Gasteiger partial charge in [0.2, 0.25) is 4.69 Å². The summed E-state index contributed by atoms with van der Waals surface area (Å²) >= 11 is 2.56. The molecule has 0 aliphatic rings. The van der Waals surface area contributed by atoms with Gasteiger partial charge in [0.1, 0.15) is 6.29 Å². The monoisotopic (exact) mass is 150 g/mol. The first-order chi connectivity index (χ1) is 2.77. The first-order valence-corrected chi connectivity index (χ1v) is 2.18. The zero-order chi connectivity index (χ0) is 4.99. The lowest BCUT2D eigenvalue weighted by Gasteiger charge is -1.68. The predicted molar refractivity (Wildman–Crippen MR) is 24.6 cm³/mol. The topological polar surface area (TPSA) is 34.1 Å². The van der Waals surface area contributed by atoms with Gasteiger partial charge in [0.25, 0.3) is 0 Å². The highest BCUT2D eigenvalue weighted by molar-refractivity contribution is 9.18. The Kier molecular flexibility index (Phi) is 2.94. The Morgan fingerprint density at radius 3 is 2.33 bits per heavy atom. The van der Waals surface area contributed by atoms with Gasteiger partial charge >= 0.3 is 0 Å². The largest absolute Gasteiger partial charge is 0.303 e. The van der Waals surface area contributed by atoms with Crippen molar-refractivity contribution in [3.8, 4) is 0 Å². The molecule has 0 fully saturated rings. The van der Waals surface area contributed by atoms with Gasteiger partial charge < -0.3 is 4.79 Å². The minimum absolute atomic E-state index is 0.0278. The molecule has 0 aromatic rings. The van der Waals surface area contributed by atoms with Crippen LogP contribution in [0.1, 0.15) is 6.42 Å². The van der Waals surface area contributed by atoms with E-state index in [9.17, 15) is 9.59 Å². The molecule has 0 N–H and O–H groups in total. The zero-order valence-electron chi connectivity index (χ0n) is 2.98. The quantitative estimate of drug-likeness (QED) is 0.327. The van der Waals surface area contributed by atoms with Crippen molar-refractivity contribution in [2.75, 3.05) is 0 Å². The molecule has 34 valence electrons. The van der Waals surface area contributed by atoms with Crippen LogP contribution >= 0.6 is 15.9 Å². The molecule has 0 unspecified atom stereocenters. The van der Waals surface area contributed by atoms with E-state index in [1.807, 2.05) is 0 Å². The minimum Gasteiger partial charge on any atom is -0.303 e. The number of rotatable bonds is 2. The van der Waals surface area contributed by atoms with Crippen LogP contribution in [0.25, 0.3) is 0 Å². The maximum Gasteiger partial charge on any atom is 0.204 e. The summed E-state index contributed by atoms with van der Waals surface area (Å²) in [4.78, 5) is 19.1. The molecule has 0 atom stereocenters. The number of hydrogen-bond acceptors (Lipinski definition) is 2. The predicted octanol–water partition coefficient (Wildman–Crippen LogP) is 0.497. The highest BCUT2D eigenvalue weighted by atomic mass is 79.9. The van der Waals surface area contributed by atoms with Crippen LogP contribution in [-0.4, -0.2) is 11.0 Å². The van der Waals surface area contributed by atoms with Gasteiger partial charge in [-0.3, -0.25) is 4.79 Å². The molecule has 0 aromatic heterocycles. The van der Waals surface area contributed by atoms with E-state index < -0.39 is 0 Å². The van der Waals surface area contributed by atoms with E-state index in [-0.39, 0.29) is 11.1 Å². The molecule has 0 spiro atoms. The zero-order valence-corrected chi connectivity index (χ0v) is 4.56. The summed E-state index contributed by atoms with van der Waals surface area (Å²) in [6.07, 6.45) is 0.525. The van der Waals surface area contributed by atoms with Crippen LogP contribution in [-0.2, 0) is 9.59 Å². The van der Waals surface area contributed by atoms with Crippen molar-refractivity contribution >= 4 is 26.9 Å². The van der Waals surface area contributed by atoms with E-state index in [2.05, 4.69) is 15.9 Å². The molecule has 0 aromatic carbocycles.